The number of nitrogens with one attached hydrogen (secondary N) is 1. The zero-order chi connectivity index (χ0) is 17.0. The summed E-state index contributed by atoms with van der Waals surface area (Å²) < 4.78 is 15.8. The van der Waals surface area contributed by atoms with Gasteiger partial charge in [0.05, 0.1) is 18.9 Å². The molecule has 24 heavy (non-hydrogen) atoms. The third-order valence-electron chi connectivity index (χ3n) is 3.15. The molecule has 0 aliphatic rings. The van der Waals surface area contributed by atoms with Crippen LogP contribution in [0.25, 0.3) is 0 Å². The van der Waals surface area contributed by atoms with Gasteiger partial charge in [-0.15, -0.1) is 0 Å². The van der Waals surface area contributed by atoms with E-state index in [0.717, 1.165) is 12.0 Å². The number of carbonyl (C=O) groups is 1. The van der Waals surface area contributed by atoms with Crippen LogP contribution in [0.15, 0.2) is 48.7 Å². The highest BCUT2D eigenvalue weighted by Crippen LogP contribution is 2.12. The first-order valence-electron chi connectivity index (χ1n) is 7.79. The van der Waals surface area contributed by atoms with Gasteiger partial charge in [-0.3, -0.25) is 4.98 Å². The highest BCUT2D eigenvalue weighted by molar-refractivity contribution is 5.70. The van der Waals surface area contributed by atoms with Gasteiger partial charge in [0.2, 0.25) is 0 Å². The number of rotatable bonds is 9. The molecule has 0 fully saturated rings. The van der Waals surface area contributed by atoms with E-state index in [1.165, 1.54) is 0 Å². The molecule has 0 radical (unpaired) electrons. The van der Waals surface area contributed by atoms with Gasteiger partial charge in [0.25, 0.3) is 0 Å². The SMILES string of the molecule is COCCCNC(=O)Oc1ccnc(COCc2ccccc2)c1. The second kappa shape index (κ2) is 10.4. The lowest BCUT2D eigenvalue weighted by Crippen LogP contribution is -2.28. The number of hydrogen-bond acceptors (Lipinski definition) is 5. The molecule has 0 aliphatic heterocycles. The molecule has 128 valence electrons. The van der Waals surface area contributed by atoms with E-state index < -0.39 is 6.09 Å². The summed E-state index contributed by atoms with van der Waals surface area (Å²) in [6.45, 7) is 1.96. The van der Waals surface area contributed by atoms with Crippen LogP contribution < -0.4 is 10.1 Å². The van der Waals surface area contributed by atoms with E-state index in [4.69, 9.17) is 14.2 Å². The minimum Gasteiger partial charge on any atom is -0.410 e. The van der Waals surface area contributed by atoms with Gasteiger partial charge in [-0.1, -0.05) is 30.3 Å². The van der Waals surface area contributed by atoms with Crippen LogP contribution in [0.1, 0.15) is 17.7 Å². The average molecular weight is 330 g/mol. The molecule has 0 bridgehead atoms. The number of aromatic nitrogens is 1. The minimum absolute atomic E-state index is 0.349. The van der Waals surface area contributed by atoms with E-state index in [1.807, 2.05) is 30.3 Å². The number of nitrogens with zero attached hydrogens (tertiary/aromatic N) is 1. The number of hydrogen-bond donors (Lipinski definition) is 1. The molecule has 2 rings (SSSR count). The Kier molecular flexibility index (Phi) is 7.73. The summed E-state index contributed by atoms with van der Waals surface area (Å²) in [7, 11) is 1.62. The van der Waals surface area contributed by atoms with Crippen molar-refractivity contribution in [2.75, 3.05) is 20.3 Å². The highest BCUT2D eigenvalue weighted by atomic mass is 16.6. The van der Waals surface area contributed by atoms with Crippen molar-refractivity contribution in [1.29, 1.82) is 0 Å². The van der Waals surface area contributed by atoms with Crippen LogP contribution in [0, 0.1) is 0 Å². The van der Waals surface area contributed by atoms with Crippen LogP contribution >= 0.6 is 0 Å². The van der Waals surface area contributed by atoms with Gasteiger partial charge < -0.3 is 19.5 Å². The summed E-state index contributed by atoms with van der Waals surface area (Å²) in [6.07, 6.45) is 1.84. The molecule has 1 N–H and O–H groups in total. The van der Waals surface area contributed by atoms with Gasteiger partial charge in [0.15, 0.2) is 0 Å². The van der Waals surface area contributed by atoms with Gasteiger partial charge >= 0.3 is 6.09 Å². The zero-order valence-electron chi connectivity index (χ0n) is 13.7. The Morgan fingerprint density at radius 2 is 2.00 bits per heavy atom. The molecule has 0 saturated carbocycles. The van der Waals surface area contributed by atoms with Crippen LogP contribution in [0.3, 0.4) is 0 Å². The summed E-state index contributed by atoms with van der Waals surface area (Å²) >= 11 is 0. The second-order valence-electron chi connectivity index (χ2n) is 5.12. The molecule has 1 aromatic heterocycles. The van der Waals surface area contributed by atoms with Crippen molar-refractivity contribution in [2.45, 2.75) is 19.6 Å². The molecule has 6 heteroatoms. The fourth-order valence-electron chi connectivity index (χ4n) is 2.00. The van der Waals surface area contributed by atoms with Crippen molar-refractivity contribution in [2.24, 2.45) is 0 Å². The number of ether oxygens (including phenoxy) is 3. The zero-order valence-corrected chi connectivity index (χ0v) is 13.7. The van der Waals surface area contributed by atoms with Crippen molar-refractivity contribution in [3.63, 3.8) is 0 Å². The van der Waals surface area contributed by atoms with Gasteiger partial charge in [-0.25, -0.2) is 4.79 Å². The lowest BCUT2D eigenvalue weighted by Gasteiger charge is -2.08. The van der Waals surface area contributed by atoms with Crippen molar-refractivity contribution in [3.8, 4) is 5.75 Å². The quantitative estimate of drug-likeness (QED) is 0.716. The van der Waals surface area contributed by atoms with E-state index in [9.17, 15) is 4.79 Å². The van der Waals surface area contributed by atoms with Crippen molar-refractivity contribution >= 4 is 6.09 Å². The van der Waals surface area contributed by atoms with E-state index in [0.29, 0.717) is 37.8 Å². The van der Waals surface area contributed by atoms with Crippen LogP contribution in [0.4, 0.5) is 4.79 Å². The Morgan fingerprint density at radius 3 is 2.79 bits per heavy atom. The van der Waals surface area contributed by atoms with Gasteiger partial charge in [0.1, 0.15) is 5.75 Å². The largest absolute Gasteiger partial charge is 0.412 e. The maximum atomic E-state index is 11.7. The summed E-state index contributed by atoms with van der Waals surface area (Å²) in [5.74, 6) is 0.438. The Morgan fingerprint density at radius 1 is 1.17 bits per heavy atom. The minimum atomic E-state index is -0.492. The van der Waals surface area contributed by atoms with Crippen LogP contribution in [-0.4, -0.2) is 31.3 Å². The molecule has 1 aromatic carbocycles. The maximum Gasteiger partial charge on any atom is 0.412 e. The summed E-state index contributed by atoms with van der Waals surface area (Å²) in [6, 6.07) is 13.2. The predicted molar refractivity (Wildman–Crippen MR) is 89.7 cm³/mol. The molecule has 0 unspecified atom stereocenters. The standard InChI is InChI=1S/C18H22N2O4/c1-22-11-5-9-20-18(21)24-17-8-10-19-16(12-17)14-23-13-15-6-3-2-4-7-15/h2-4,6-8,10,12H,5,9,11,13-14H2,1H3,(H,20,21). The molecule has 0 saturated heterocycles. The monoisotopic (exact) mass is 330 g/mol. The number of methoxy groups -OCH3 is 1. The molecule has 1 amide bonds. The molecule has 0 spiro atoms. The number of benzene rings is 1. The molecule has 2 aromatic rings. The second-order valence-corrected chi connectivity index (χ2v) is 5.12. The molecule has 0 aliphatic carbocycles. The normalized spacial score (nSPS) is 10.4. The van der Waals surface area contributed by atoms with E-state index in [1.54, 1.807) is 25.4 Å². The molecule has 6 nitrogen and oxygen atoms in total. The number of amides is 1. The first-order chi connectivity index (χ1) is 11.8. The lowest BCUT2D eigenvalue weighted by molar-refractivity contribution is 0.104. The molecular formula is C18H22N2O4. The van der Waals surface area contributed by atoms with Gasteiger partial charge in [-0.05, 0) is 18.1 Å². The highest BCUT2D eigenvalue weighted by Gasteiger charge is 2.05. The third kappa shape index (κ3) is 6.76. The Balaban J connectivity index is 1.75. The van der Waals surface area contributed by atoms with Gasteiger partial charge in [0, 0.05) is 32.5 Å². The van der Waals surface area contributed by atoms with Crippen molar-refractivity contribution < 1.29 is 19.0 Å². The smallest absolute Gasteiger partial charge is 0.410 e. The maximum absolute atomic E-state index is 11.7. The van der Waals surface area contributed by atoms with Crippen LogP contribution in [-0.2, 0) is 22.7 Å². The fourth-order valence-corrected chi connectivity index (χ4v) is 2.00. The van der Waals surface area contributed by atoms with Crippen LogP contribution in [0.2, 0.25) is 0 Å². The fraction of sp³-hybridized carbons (Fsp3) is 0.333. The number of pyridine rings is 1. The van der Waals surface area contributed by atoms with Crippen molar-refractivity contribution in [3.05, 3.63) is 59.9 Å². The van der Waals surface area contributed by atoms with E-state index in [-0.39, 0.29) is 0 Å². The van der Waals surface area contributed by atoms with Gasteiger partial charge in [-0.2, -0.15) is 0 Å². The lowest BCUT2D eigenvalue weighted by atomic mass is 10.2. The predicted octanol–water partition coefficient (Wildman–Crippen LogP) is 2.92. The summed E-state index contributed by atoms with van der Waals surface area (Å²) in [5.41, 5.74) is 1.80. The summed E-state index contributed by atoms with van der Waals surface area (Å²) in [5, 5.41) is 2.66. The average Bonchev–Trinajstić information content (AvgIpc) is 2.60. The molecule has 1 heterocycles. The third-order valence-corrected chi connectivity index (χ3v) is 3.15. The van der Waals surface area contributed by atoms with E-state index >= 15 is 0 Å². The van der Waals surface area contributed by atoms with Crippen molar-refractivity contribution in [1.82, 2.24) is 10.3 Å². The van der Waals surface area contributed by atoms with Crippen LogP contribution in [0.5, 0.6) is 5.75 Å². The Bertz CT molecular complexity index is 619. The molecule has 0 atom stereocenters. The van der Waals surface area contributed by atoms with E-state index in [2.05, 4.69) is 10.3 Å². The topological polar surface area (TPSA) is 69.7 Å². The Hall–Kier alpha value is -2.44. The Labute approximate surface area is 141 Å². The molecular weight excluding hydrogens is 308 g/mol. The first-order valence-corrected chi connectivity index (χ1v) is 7.79. The first kappa shape index (κ1) is 17.9. The number of carbonyl (C=O) groups excluding carboxylic acids is 1. The summed E-state index contributed by atoms with van der Waals surface area (Å²) in [4.78, 5) is 15.9.